The number of nitrogens with zero attached hydrogens (tertiary/aromatic N) is 1. The van der Waals surface area contributed by atoms with E-state index in [0.29, 0.717) is 11.9 Å². The molecule has 0 radical (unpaired) electrons. The number of nitrogens with two attached hydrogens (primary N) is 1. The minimum Gasteiger partial charge on any atom is -0.343 e. The highest BCUT2D eigenvalue weighted by atomic mass is 16.2. The summed E-state index contributed by atoms with van der Waals surface area (Å²) in [6.07, 6.45) is 14.2. The van der Waals surface area contributed by atoms with Crippen LogP contribution in [-0.4, -0.2) is 30.4 Å². The zero-order valence-corrected chi connectivity index (χ0v) is 12.7. The normalized spacial score (nSPS) is 17.8. The molecular formula is C16H32N2O. The summed E-state index contributed by atoms with van der Waals surface area (Å²) in [7, 11) is 2.01. The highest BCUT2D eigenvalue weighted by Crippen LogP contribution is 2.21. The Labute approximate surface area is 118 Å². The third-order valence-electron chi connectivity index (χ3n) is 4.36. The lowest BCUT2D eigenvalue weighted by Crippen LogP contribution is -2.37. The van der Waals surface area contributed by atoms with Crippen molar-refractivity contribution in [3.8, 4) is 0 Å². The molecule has 0 unspecified atom stereocenters. The van der Waals surface area contributed by atoms with Gasteiger partial charge in [0.05, 0.1) is 0 Å². The lowest BCUT2D eigenvalue weighted by atomic mass is 9.95. The summed E-state index contributed by atoms with van der Waals surface area (Å²) in [6, 6.07) is 0.497. The molecule has 0 aromatic heterocycles. The third-order valence-corrected chi connectivity index (χ3v) is 4.36. The Morgan fingerprint density at radius 3 is 2.21 bits per heavy atom. The Hall–Kier alpha value is -0.570. The maximum Gasteiger partial charge on any atom is 0.222 e. The van der Waals surface area contributed by atoms with E-state index < -0.39 is 0 Å². The van der Waals surface area contributed by atoms with Gasteiger partial charge in [0.25, 0.3) is 0 Å². The lowest BCUT2D eigenvalue weighted by Gasteiger charge is -2.30. The zero-order valence-electron chi connectivity index (χ0n) is 12.7. The van der Waals surface area contributed by atoms with Gasteiger partial charge in [-0.15, -0.1) is 0 Å². The van der Waals surface area contributed by atoms with Crippen molar-refractivity contribution < 1.29 is 4.79 Å². The van der Waals surface area contributed by atoms with Crippen LogP contribution in [0.2, 0.25) is 0 Å². The molecule has 0 aliphatic heterocycles. The second-order valence-electron chi connectivity index (χ2n) is 5.96. The van der Waals surface area contributed by atoms with Crippen LogP contribution in [0.1, 0.15) is 77.0 Å². The van der Waals surface area contributed by atoms with Gasteiger partial charge in [0.15, 0.2) is 0 Å². The van der Waals surface area contributed by atoms with Crippen LogP contribution in [0.15, 0.2) is 0 Å². The van der Waals surface area contributed by atoms with Crippen molar-refractivity contribution in [1.29, 1.82) is 0 Å². The number of unbranched alkanes of at least 4 members (excludes halogenated alkanes) is 3. The summed E-state index contributed by atoms with van der Waals surface area (Å²) >= 11 is 0. The van der Waals surface area contributed by atoms with Gasteiger partial charge in [0.2, 0.25) is 5.91 Å². The van der Waals surface area contributed by atoms with E-state index >= 15 is 0 Å². The van der Waals surface area contributed by atoms with E-state index in [4.69, 9.17) is 5.73 Å². The molecule has 1 aliphatic carbocycles. The first-order valence-corrected chi connectivity index (χ1v) is 8.21. The van der Waals surface area contributed by atoms with Gasteiger partial charge < -0.3 is 10.6 Å². The Morgan fingerprint density at radius 1 is 1.00 bits per heavy atom. The van der Waals surface area contributed by atoms with Crippen LogP contribution in [0.5, 0.6) is 0 Å². The van der Waals surface area contributed by atoms with Crippen molar-refractivity contribution >= 4 is 5.91 Å². The molecule has 3 heteroatoms. The quantitative estimate of drug-likeness (QED) is 0.719. The topological polar surface area (TPSA) is 46.3 Å². The van der Waals surface area contributed by atoms with Gasteiger partial charge in [-0.05, 0) is 32.2 Å². The van der Waals surface area contributed by atoms with Crippen LogP contribution < -0.4 is 5.73 Å². The van der Waals surface area contributed by atoms with Crippen LogP contribution in [-0.2, 0) is 4.79 Å². The molecule has 19 heavy (non-hydrogen) atoms. The van der Waals surface area contributed by atoms with Gasteiger partial charge in [-0.1, -0.05) is 44.9 Å². The summed E-state index contributed by atoms with van der Waals surface area (Å²) in [5.41, 5.74) is 5.47. The zero-order chi connectivity index (χ0) is 13.9. The fourth-order valence-corrected chi connectivity index (χ4v) is 2.98. The molecule has 2 N–H and O–H groups in total. The maximum absolute atomic E-state index is 12.2. The Morgan fingerprint density at radius 2 is 1.58 bits per heavy atom. The van der Waals surface area contributed by atoms with Crippen molar-refractivity contribution in [2.75, 3.05) is 13.6 Å². The second kappa shape index (κ2) is 10.2. The Kier molecular flexibility index (Phi) is 8.89. The molecule has 0 heterocycles. The van der Waals surface area contributed by atoms with E-state index in [1.54, 1.807) is 0 Å². The van der Waals surface area contributed by atoms with Crippen molar-refractivity contribution in [1.82, 2.24) is 4.90 Å². The number of carbonyl (C=O) groups is 1. The number of carbonyl (C=O) groups excluding carboxylic acids is 1. The van der Waals surface area contributed by atoms with Crippen molar-refractivity contribution in [3.05, 3.63) is 0 Å². The standard InChI is InChI=1S/C16H32N2O/c1-18(15-11-7-3-2-4-8-12-15)16(19)13-9-5-6-10-14-17/h15H,2-14,17H2,1H3. The van der Waals surface area contributed by atoms with Gasteiger partial charge in [-0.2, -0.15) is 0 Å². The average Bonchev–Trinajstić information content (AvgIpc) is 2.37. The summed E-state index contributed by atoms with van der Waals surface area (Å²) in [6.45, 7) is 0.774. The first-order chi connectivity index (χ1) is 9.25. The van der Waals surface area contributed by atoms with Crippen molar-refractivity contribution in [2.24, 2.45) is 5.73 Å². The van der Waals surface area contributed by atoms with Crippen molar-refractivity contribution in [3.63, 3.8) is 0 Å². The minimum atomic E-state index is 0.346. The molecule has 0 atom stereocenters. The summed E-state index contributed by atoms with van der Waals surface area (Å²) in [5.74, 6) is 0.346. The van der Waals surface area contributed by atoms with Crippen LogP contribution >= 0.6 is 0 Å². The SMILES string of the molecule is CN(C(=O)CCCCCCN)C1CCCCCCC1. The van der Waals surface area contributed by atoms with E-state index in [1.165, 1.54) is 44.9 Å². The summed E-state index contributed by atoms with van der Waals surface area (Å²) < 4.78 is 0. The van der Waals surface area contributed by atoms with Crippen LogP contribution in [0.4, 0.5) is 0 Å². The molecule has 3 nitrogen and oxygen atoms in total. The highest BCUT2D eigenvalue weighted by molar-refractivity contribution is 5.76. The van der Waals surface area contributed by atoms with Crippen LogP contribution in [0, 0.1) is 0 Å². The maximum atomic E-state index is 12.2. The first kappa shape index (κ1) is 16.5. The predicted molar refractivity (Wildman–Crippen MR) is 81.0 cm³/mol. The third kappa shape index (κ3) is 6.95. The largest absolute Gasteiger partial charge is 0.343 e. The first-order valence-electron chi connectivity index (χ1n) is 8.21. The number of rotatable bonds is 7. The fraction of sp³-hybridized carbons (Fsp3) is 0.938. The molecular weight excluding hydrogens is 236 g/mol. The molecule has 0 bridgehead atoms. The molecule has 0 saturated heterocycles. The predicted octanol–water partition coefficient (Wildman–Crippen LogP) is 3.47. The molecule has 1 amide bonds. The number of amides is 1. The van der Waals surface area contributed by atoms with Gasteiger partial charge in [0.1, 0.15) is 0 Å². The van der Waals surface area contributed by atoms with Crippen LogP contribution in [0.25, 0.3) is 0 Å². The molecule has 1 aliphatic rings. The van der Waals surface area contributed by atoms with Gasteiger partial charge >= 0.3 is 0 Å². The summed E-state index contributed by atoms with van der Waals surface area (Å²) in [5, 5.41) is 0. The fourth-order valence-electron chi connectivity index (χ4n) is 2.98. The monoisotopic (exact) mass is 268 g/mol. The van der Waals surface area contributed by atoms with E-state index in [-0.39, 0.29) is 0 Å². The highest BCUT2D eigenvalue weighted by Gasteiger charge is 2.19. The smallest absolute Gasteiger partial charge is 0.222 e. The molecule has 112 valence electrons. The average molecular weight is 268 g/mol. The van der Waals surface area contributed by atoms with E-state index in [2.05, 4.69) is 0 Å². The van der Waals surface area contributed by atoms with Gasteiger partial charge in [-0.25, -0.2) is 0 Å². The van der Waals surface area contributed by atoms with Crippen LogP contribution in [0.3, 0.4) is 0 Å². The van der Waals surface area contributed by atoms with Gasteiger partial charge in [-0.3, -0.25) is 4.79 Å². The lowest BCUT2D eigenvalue weighted by molar-refractivity contribution is -0.132. The van der Waals surface area contributed by atoms with Gasteiger partial charge in [0, 0.05) is 19.5 Å². The summed E-state index contributed by atoms with van der Waals surface area (Å²) in [4.78, 5) is 14.2. The molecule has 0 aromatic rings. The molecule has 0 aromatic carbocycles. The minimum absolute atomic E-state index is 0.346. The van der Waals surface area contributed by atoms with E-state index in [1.807, 2.05) is 11.9 Å². The Bertz CT molecular complexity index is 235. The molecule has 0 spiro atoms. The molecule has 1 saturated carbocycles. The van der Waals surface area contributed by atoms with E-state index in [0.717, 1.165) is 38.6 Å². The number of hydrogen-bond acceptors (Lipinski definition) is 2. The van der Waals surface area contributed by atoms with Crippen molar-refractivity contribution in [2.45, 2.75) is 83.1 Å². The van der Waals surface area contributed by atoms with E-state index in [9.17, 15) is 4.79 Å². The number of hydrogen-bond donors (Lipinski definition) is 1. The molecule has 1 fully saturated rings. The Balaban J connectivity index is 2.21. The second-order valence-corrected chi connectivity index (χ2v) is 5.96. The molecule has 1 rings (SSSR count).